The Morgan fingerprint density at radius 3 is 3.00 bits per heavy atom. The zero-order chi connectivity index (χ0) is 10.0. The maximum Gasteiger partial charge on any atom is 0.0686 e. The Labute approximate surface area is 86.3 Å². The first-order valence-electron chi connectivity index (χ1n) is 5.90. The third-order valence-corrected chi connectivity index (χ3v) is 3.84. The monoisotopic (exact) mass is 198 g/mol. The van der Waals surface area contributed by atoms with Gasteiger partial charge in [0, 0.05) is 12.6 Å². The summed E-state index contributed by atoms with van der Waals surface area (Å²) in [6, 6.07) is 0.633. The number of hydrogen-bond donors (Lipinski definition) is 2. The lowest BCUT2D eigenvalue weighted by Gasteiger charge is -2.46. The standard InChI is InChI=1S/C11H22N2O/c12-6-4-11(14)5-8-13-7-2-1-3-10(13)9-11/h10,14H,1-9,12H2. The van der Waals surface area contributed by atoms with E-state index >= 15 is 0 Å². The Balaban J connectivity index is 1.94. The molecule has 0 aromatic rings. The molecular weight excluding hydrogens is 176 g/mol. The van der Waals surface area contributed by atoms with Crippen molar-refractivity contribution in [3.63, 3.8) is 0 Å². The average molecular weight is 198 g/mol. The first-order valence-corrected chi connectivity index (χ1v) is 5.90. The summed E-state index contributed by atoms with van der Waals surface area (Å²) < 4.78 is 0. The molecule has 0 spiro atoms. The quantitative estimate of drug-likeness (QED) is 0.687. The van der Waals surface area contributed by atoms with Crippen molar-refractivity contribution in [2.45, 2.75) is 50.2 Å². The zero-order valence-corrected chi connectivity index (χ0v) is 8.91. The van der Waals surface area contributed by atoms with Gasteiger partial charge in [-0.1, -0.05) is 6.42 Å². The van der Waals surface area contributed by atoms with Crippen LogP contribution in [0.25, 0.3) is 0 Å². The van der Waals surface area contributed by atoms with Gasteiger partial charge in [-0.2, -0.15) is 0 Å². The Morgan fingerprint density at radius 2 is 2.21 bits per heavy atom. The van der Waals surface area contributed by atoms with Gasteiger partial charge in [-0.05, 0) is 45.2 Å². The van der Waals surface area contributed by atoms with Gasteiger partial charge in [-0.15, -0.1) is 0 Å². The maximum absolute atomic E-state index is 10.3. The summed E-state index contributed by atoms with van der Waals surface area (Å²) in [4.78, 5) is 2.55. The summed E-state index contributed by atoms with van der Waals surface area (Å²) in [7, 11) is 0. The fourth-order valence-electron chi connectivity index (χ4n) is 2.97. The van der Waals surface area contributed by atoms with E-state index in [4.69, 9.17) is 5.73 Å². The van der Waals surface area contributed by atoms with E-state index in [2.05, 4.69) is 4.90 Å². The fourth-order valence-corrected chi connectivity index (χ4v) is 2.97. The van der Waals surface area contributed by atoms with Crippen LogP contribution in [-0.4, -0.2) is 41.3 Å². The van der Waals surface area contributed by atoms with E-state index < -0.39 is 5.60 Å². The molecule has 0 radical (unpaired) electrons. The highest BCUT2D eigenvalue weighted by Gasteiger charge is 2.38. The lowest BCUT2D eigenvalue weighted by atomic mass is 9.80. The molecule has 82 valence electrons. The number of hydrogen-bond acceptors (Lipinski definition) is 3. The molecule has 2 rings (SSSR count). The number of rotatable bonds is 2. The van der Waals surface area contributed by atoms with Gasteiger partial charge in [0.25, 0.3) is 0 Å². The average Bonchev–Trinajstić information content (AvgIpc) is 2.17. The van der Waals surface area contributed by atoms with Gasteiger partial charge in [0.2, 0.25) is 0 Å². The smallest absolute Gasteiger partial charge is 0.0686 e. The van der Waals surface area contributed by atoms with Gasteiger partial charge >= 0.3 is 0 Å². The van der Waals surface area contributed by atoms with Crippen LogP contribution in [0.5, 0.6) is 0 Å². The second-order valence-electron chi connectivity index (χ2n) is 4.90. The second-order valence-corrected chi connectivity index (χ2v) is 4.90. The Kier molecular flexibility index (Phi) is 3.10. The Bertz CT molecular complexity index is 198. The third-order valence-electron chi connectivity index (χ3n) is 3.84. The minimum atomic E-state index is -0.451. The lowest BCUT2D eigenvalue weighted by Crippen LogP contribution is -2.52. The summed E-state index contributed by atoms with van der Waals surface area (Å²) in [6.07, 6.45) is 6.58. The lowest BCUT2D eigenvalue weighted by molar-refractivity contribution is -0.0597. The van der Waals surface area contributed by atoms with Gasteiger partial charge in [-0.25, -0.2) is 0 Å². The number of aliphatic hydroxyl groups is 1. The van der Waals surface area contributed by atoms with Crippen LogP contribution in [0.4, 0.5) is 0 Å². The Hall–Kier alpha value is -0.120. The molecule has 2 unspecified atom stereocenters. The SMILES string of the molecule is NCCC1(O)CCN2CCCCC2C1. The van der Waals surface area contributed by atoms with Crippen LogP contribution in [0.3, 0.4) is 0 Å². The minimum Gasteiger partial charge on any atom is -0.390 e. The number of piperidine rings is 2. The predicted octanol–water partition coefficient (Wildman–Crippen LogP) is 0.715. The molecule has 0 aromatic carbocycles. The van der Waals surface area contributed by atoms with Gasteiger partial charge in [-0.3, -0.25) is 0 Å². The highest BCUT2D eigenvalue weighted by atomic mass is 16.3. The van der Waals surface area contributed by atoms with E-state index in [1.807, 2.05) is 0 Å². The highest BCUT2D eigenvalue weighted by Crippen LogP contribution is 2.33. The first-order chi connectivity index (χ1) is 6.73. The molecule has 2 heterocycles. The molecule has 3 heteroatoms. The maximum atomic E-state index is 10.3. The van der Waals surface area contributed by atoms with Crippen molar-refractivity contribution in [1.29, 1.82) is 0 Å². The summed E-state index contributed by atoms with van der Waals surface area (Å²) in [5.41, 5.74) is 5.09. The van der Waals surface area contributed by atoms with Crippen LogP contribution in [0.2, 0.25) is 0 Å². The van der Waals surface area contributed by atoms with Crippen molar-refractivity contribution in [1.82, 2.24) is 4.90 Å². The summed E-state index contributed by atoms with van der Waals surface area (Å²) in [6.45, 7) is 2.92. The third kappa shape index (κ3) is 2.10. The number of nitrogens with two attached hydrogens (primary N) is 1. The van der Waals surface area contributed by atoms with Crippen LogP contribution in [0.15, 0.2) is 0 Å². The van der Waals surface area contributed by atoms with E-state index in [9.17, 15) is 5.11 Å². The zero-order valence-electron chi connectivity index (χ0n) is 8.91. The molecule has 14 heavy (non-hydrogen) atoms. The largest absolute Gasteiger partial charge is 0.390 e. The van der Waals surface area contributed by atoms with Gasteiger partial charge in [0.05, 0.1) is 5.60 Å². The molecule has 2 fully saturated rings. The molecule has 3 N–H and O–H groups in total. The number of nitrogens with zero attached hydrogens (tertiary/aromatic N) is 1. The predicted molar refractivity (Wildman–Crippen MR) is 57.1 cm³/mol. The van der Waals surface area contributed by atoms with Crippen molar-refractivity contribution < 1.29 is 5.11 Å². The molecule has 2 aliphatic heterocycles. The van der Waals surface area contributed by atoms with Crippen molar-refractivity contribution in [3.05, 3.63) is 0 Å². The van der Waals surface area contributed by atoms with Crippen LogP contribution >= 0.6 is 0 Å². The molecule has 0 aromatic heterocycles. The van der Waals surface area contributed by atoms with Crippen LogP contribution in [-0.2, 0) is 0 Å². The van der Waals surface area contributed by atoms with Crippen LogP contribution in [0, 0.1) is 0 Å². The minimum absolute atomic E-state index is 0.451. The van der Waals surface area contributed by atoms with Gasteiger partial charge < -0.3 is 15.7 Å². The number of fused-ring (bicyclic) bond motifs is 1. The molecule has 2 aliphatic rings. The van der Waals surface area contributed by atoms with Crippen molar-refractivity contribution in [3.8, 4) is 0 Å². The van der Waals surface area contributed by atoms with Crippen molar-refractivity contribution in [2.24, 2.45) is 5.73 Å². The molecule has 2 atom stereocenters. The van der Waals surface area contributed by atoms with E-state index in [1.54, 1.807) is 0 Å². The molecule has 2 saturated heterocycles. The molecule has 0 saturated carbocycles. The summed E-state index contributed by atoms with van der Waals surface area (Å²) in [5, 5.41) is 10.3. The van der Waals surface area contributed by atoms with Gasteiger partial charge in [0.15, 0.2) is 0 Å². The first kappa shape index (κ1) is 10.4. The van der Waals surface area contributed by atoms with Crippen LogP contribution < -0.4 is 5.73 Å². The molecule has 3 nitrogen and oxygen atoms in total. The molecular formula is C11H22N2O. The normalized spacial score (nSPS) is 39.4. The second kappa shape index (κ2) is 4.17. The van der Waals surface area contributed by atoms with Gasteiger partial charge in [0.1, 0.15) is 0 Å². The summed E-state index contributed by atoms with van der Waals surface area (Å²) in [5.74, 6) is 0. The Morgan fingerprint density at radius 1 is 1.36 bits per heavy atom. The van der Waals surface area contributed by atoms with E-state index in [0.717, 1.165) is 25.8 Å². The van der Waals surface area contributed by atoms with Crippen molar-refractivity contribution in [2.75, 3.05) is 19.6 Å². The molecule has 0 aliphatic carbocycles. The highest BCUT2D eigenvalue weighted by molar-refractivity contribution is 4.93. The summed E-state index contributed by atoms with van der Waals surface area (Å²) >= 11 is 0. The van der Waals surface area contributed by atoms with E-state index in [-0.39, 0.29) is 0 Å². The van der Waals surface area contributed by atoms with E-state index in [1.165, 1.54) is 25.8 Å². The fraction of sp³-hybridized carbons (Fsp3) is 1.00. The topological polar surface area (TPSA) is 49.5 Å². The molecule has 0 amide bonds. The molecule has 0 bridgehead atoms. The van der Waals surface area contributed by atoms with Crippen LogP contribution in [0.1, 0.15) is 38.5 Å². The van der Waals surface area contributed by atoms with E-state index in [0.29, 0.717) is 12.6 Å². The van der Waals surface area contributed by atoms with Crippen molar-refractivity contribution >= 4 is 0 Å².